The number of ether oxygens (including phenoxy) is 1. The van der Waals surface area contributed by atoms with E-state index in [0.717, 1.165) is 57.4 Å². The summed E-state index contributed by atoms with van der Waals surface area (Å²) in [5.41, 5.74) is 2.48. The fourth-order valence-corrected chi connectivity index (χ4v) is 3.28. The summed E-state index contributed by atoms with van der Waals surface area (Å²) >= 11 is 0. The molecule has 0 amide bonds. The van der Waals surface area contributed by atoms with Crippen molar-refractivity contribution in [2.75, 3.05) is 60.5 Å². The topological polar surface area (TPSA) is 52.1 Å². The predicted molar refractivity (Wildman–Crippen MR) is 125 cm³/mol. The molecule has 0 aliphatic carbocycles. The fraction of sp³-hybridized carbons (Fsp3) is 0.650. The molecule has 2 N–H and O–H groups in total. The Morgan fingerprint density at radius 2 is 1.93 bits per heavy atom. The molecular formula is C20H36IN5O. The van der Waals surface area contributed by atoms with Crippen LogP contribution in [0.4, 0.5) is 0 Å². The van der Waals surface area contributed by atoms with Crippen LogP contribution in [-0.2, 0) is 6.42 Å². The highest BCUT2D eigenvalue weighted by molar-refractivity contribution is 14.0. The first-order chi connectivity index (χ1) is 12.5. The number of halogens is 1. The number of nitrogens with one attached hydrogen (secondary N) is 2. The molecule has 1 aliphatic heterocycles. The number of hydrogen-bond acceptors (Lipinski definition) is 4. The number of piperazine rings is 1. The third kappa shape index (κ3) is 7.83. The summed E-state index contributed by atoms with van der Waals surface area (Å²) in [5, 5.41) is 6.87. The maximum Gasteiger partial charge on any atom is 0.191 e. The molecule has 154 valence electrons. The van der Waals surface area contributed by atoms with Crippen LogP contribution in [0.2, 0.25) is 0 Å². The number of benzene rings is 1. The van der Waals surface area contributed by atoms with Crippen molar-refractivity contribution < 1.29 is 4.74 Å². The van der Waals surface area contributed by atoms with E-state index in [2.05, 4.69) is 58.5 Å². The van der Waals surface area contributed by atoms with Crippen molar-refractivity contribution in [3.05, 3.63) is 29.3 Å². The number of hydrogen-bond donors (Lipinski definition) is 2. The number of rotatable bonds is 7. The smallest absolute Gasteiger partial charge is 0.191 e. The molecule has 0 saturated carbocycles. The van der Waals surface area contributed by atoms with Crippen LogP contribution in [0.15, 0.2) is 23.2 Å². The SMILES string of the molecule is CN=C(NCCc1cc(C)ccc1OC)NCC(C)N1CCN(C)CC1.I. The van der Waals surface area contributed by atoms with Crippen LogP contribution in [0.5, 0.6) is 5.75 Å². The van der Waals surface area contributed by atoms with Gasteiger partial charge in [-0.05, 0) is 38.9 Å². The molecule has 1 fully saturated rings. The monoisotopic (exact) mass is 489 g/mol. The van der Waals surface area contributed by atoms with Crippen LogP contribution in [-0.4, -0.2) is 82.3 Å². The van der Waals surface area contributed by atoms with Crippen molar-refractivity contribution in [1.29, 1.82) is 0 Å². The highest BCUT2D eigenvalue weighted by Crippen LogP contribution is 2.19. The Hall–Kier alpha value is -1.06. The lowest BCUT2D eigenvalue weighted by atomic mass is 10.1. The Kier molecular flexibility index (Phi) is 11.0. The van der Waals surface area contributed by atoms with E-state index in [9.17, 15) is 0 Å². The molecule has 0 aromatic heterocycles. The van der Waals surface area contributed by atoms with Gasteiger partial charge in [0.25, 0.3) is 0 Å². The standard InChI is InChI=1S/C20H35N5O.HI/c1-16-6-7-19(26-5)18(14-16)8-9-22-20(21-3)23-15-17(2)25-12-10-24(4)11-13-25;/h6-7,14,17H,8-13,15H2,1-5H3,(H2,21,22,23);1H. The minimum absolute atomic E-state index is 0. The number of aryl methyl sites for hydroxylation is 1. The molecule has 1 saturated heterocycles. The molecule has 1 atom stereocenters. The summed E-state index contributed by atoms with van der Waals surface area (Å²) in [6, 6.07) is 6.80. The number of guanidine groups is 1. The van der Waals surface area contributed by atoms with Gasteiger partial charge >= 0.3 is 0 Å². The van der Waals surface area contributed by atoms with E-state index in [1.54, 1.807) is 7.11 Å². The van der Waals surface area contributed by atoms with Crippen LogP contribution >= 0.6 is 24.0 Å². The van der Waals surface area contributed by atoms with Crippen molar-refractivity contribution in [3.63, 3.8) is 0 Å². The maximum atomic E-state index is 5.46. The van der Waals surface area contributed by atoms with Crippen molar-refractivity contribution >= 4 is 29.9 Å². The second-order valence-electron chi connectivity index (χ2n) is 7.13. The van der Waals surface area contributed by atoms with Crippen molar-refractivity contribution in [2.24, 2.45) is 4.99 Å². The summed E-state index contributed by atoms with van der Waals surface area (Å²) in [6.45, 7) is 10.7. The van der Waals surface area contributed by atoms with Gasteiger partial charge in [0.15, 0.2) is 5.96 Å². The Morgan fingerprint density at radius 3 is 2.56 bits per heavy atom. The molecule has 1 unspecified atom stereocenters. The molecule has 1 aromatic rings. The maximum absolute atomic E-state index is 5.46. The van der Waals surface area contributed by atoms with E-state index in [0.29, 0.717) is 6.04 Å². The molecule has 0 spiro atoms. The number of likely N-dealkylation sites (N-methyl/N-ethyl adjacent to an activating group) is 1. The molecule has 0 radical (unpaired) electrons. The van der Waals surface area contributed by atoms with E-state index in [-0.39, 0.29) is 24.0 Å². The Labute approximate surface area is 181 Å². The van der Waals surface area contributed by atoms with E-state index < -0.39 is 0 Å². The highest BCUT2D eigenvalue weighted by Gasteiger charge is 2.19. The summed E-state index contributed by atoms with van der Waals surface area (Å²) in [7, 11) is 5.74. The zero-order valence-corrected chi connectivity index (χ0v) is 19.7. The predicted octanol–water partition coefficient (Wildman–Crippen LogP) is 1.97. The molecule has 1 heterocycles. The minimum atomic E-state index is 0. The summed E-state index contributed by atoms with van der Waals surface area (Å²) < 4.78 is 5.46. The van der Waals surface area contributed by atoms with Crippen molar-refractivity contribution in [1.82, 2.24) is 20.4 Å². The number of aliphatic imine (C=N–C) groups is 1. The van der Waals surface area contributed by atoms with Gasteiger partial charge in [-0.1, -0.05) is 17.7 Å². The van der Waals surface area contributed by atoms with E-state index in [1.165, 1.54) is 11.1 Å². The van der Waals surface area contributed by atoms with Crippen molar-refractivity contribution in [2.45, 2.75) is 26.3 Å². The quantitative estimate of drug-likeness (QED) is 0.349. The highest BCUT2D eigenvalue weighted by atomic mass is 127. The van der Waals surface area contributed by atoms with Gasteiger partial charge in [-0.15, -0.1) is 24.0 Å². The zero-order chi connectivity index (χ0) is 18.9. The van der Waals surface area contributed by atoms with E-state index in [1.807, 2.05) is 13.1 Å². The molecule has 6 nitrogen and oxygen atoms in total. The fourth-order valence-electron chi connectivity index (χ4n) is 3.28. The Bertz CT molecular complexity index is 588. The third-order valence-electron chi connectivity index (χ3n) is 5.07. The average molecular weight is 489 g/mol. The first kappa shape index (κ1) is 24.0. The first-order valence-electron chi connectivity index (χ1n) is 9.54. The average Bonchev–Trinajstić information content (AvgIpc) is 2.65. The minimum Gasteiger partial charge on any atom is -0.496 e. The second-order valence-corrected chi connectivity index (χ2v) is 7.13. The molecule has 7 heteroatoms. The first-order valence-corrected chi connectivity index (χ1v) is 9.54. The van der Waals surface area contributed by atoms with Crippen LogP contribution < -0.4 is 15.4 Å². The molecule has 27 heavy (non-hydrogen) atoms. The molecular weight excluding hydrogens is 453 g/mol. The normalized spacial score (nSPS) is 17.1. The van der Waals surface area contributed by atoms with Gasteiger partial charge in [0.05, 0.1) is 7.11 Å². The summed E-state index contributed by atoms with van der Waals surface area (Å²) in [5.74, 6) is 1.81. The largest absolute Gasteiger partial charge is 0.496 e. The molecule has 0 bridgehead atoms. The van der Waals surface area contributed by atoms with Crippen LogP contribution in [0, 0.1) is 6.92 Å². The Morgan fingerprint density at radius 1 is 1.22 bits per heavy atom. The summed E-state index contributed by atoms with van der Waals surface area (Å²) in [6.07, 6.45) is 0.902. The number of methoxy groups -OCH3 is 1. The van der Waals surface area contributed by atoms with Crippen LogP contribution in [0.3, 0.4) is 0 Å². The van der Waals surface area contributed by atoms with Gasteiger partial charge in [-0.25, -0.2) is 0 Å². The van der Waals surface area contributed by atoms with Crippen molar-refractivity contribution in [3.8, 4) is 5.75 Å². The number of nitrogens with zero attached hydrogens (tertiary/aromatic N) is 3. The van der Waals surface area contributed by atoms with Crippen LogP contribution in [0.1, 0.15) is 18.1 Å². The van der Waals surface area contributed by atoms with Gasteiger partial charge in [0.2, 0.25) is 0 Å². The van der Waals surface area contributed by atoms with Gasteiger partial charge in [-0.3, -0.25) is 9.89 Å². The van der Waals surface area contributed by atoms with Crippen LogP contribution in [0.25, 0.3) is 0 Å². The molecule has 1 aromatic carbocycles. The van der Waals surface area contributed by atoms with Gasteiger partial charge < -0.3 is 20.3 Å². The molecule has 2 rings (SSSR count). The van der Waals surface area contributed by atoms with Gasteiger partial charge in [0.1, 0.15) is 5.75 Å². The zero-order valence-electron chi connectivity index (χ0n) is 17.4. The Balaban J connectivity index is 0.00000364. The lowest BCUT2D eigenvalue weighted by molar-refractivity contribution is 0.120. The lowest BCUT2D eigenvalue weighted by Crippen LogP contribution is -2.52. The van der Waals surface area contributed by atoms with E-state index >= 15 is 0 Å². The second kappa shape index (κ2) is 12.4. The molecule has 1 aliphatic rings. The van der Waals surface area contributed by atoms with Gasteiger partial charge in [0, 0.05) is 52.4 Å². The van der Waals surface area contributed by atoms with E-state index in [4.69, 9.17) is 4.74 Å². The van der Waals surface area contributed by atoms with Gasteiger partial charge in [-0.2, -0.15) is 0 Å². The summed E-state index contributed by atoms with van der Waals surface area (Å²) in [4.78, 5) is 9.27. The lowest BCUT2D eigenvalue weighted by Gasteiger charge is -2.36. The third-order valence-corrected chi connectivity index (χ3v) is 5.07.